The number of nitrogens with zero attached hydrogens (tertiary/aromatic N) is 2. The van der Waals surface area contributed by atoms with Crippen LogP contribution in [-0.4, -0.2) is 29.9 Å². The van der Waals surface area contributed by atoms with E-state index in [0.29, 0.717) is 33.7 Å². The van der Waals surface area contributed by atoms with Crippen molar-refractivity contribution in [2.75, 3.05) is 12.0 Å². The first-order valence-electron chi connectivity index (χ1n) is 11.0. The van der Waals surface area contributed by atoms with Crippen LogP contribution in [0.25, 0.3) is 5.76 Å². The number of benzene rings is 3. The second kappa shape index (κ2) is 9.76. The number of Topliss-reactive ketones (excluding diaryl/α,β-unsaturated/α-hetero) is 1. The highest BCUT2D eigenvalue weighted by molar-refractivity contribution is 6.51. The van der Waals surface area contributed by atoms with Gasteiger partial charge in [-0.05, 0) is 72.6 Å². The molecule has 1 fully saturated rings. The van der Waals surface area contributed by atoms with Crippen LogP contribution in [0.2, 0.25) is 0 Å². The van der Waals surface area contributed by atoms with E-state index >= 15 is 0 Å². The average molecular weight is 482 g/mol. The van der Waals surface area contributed by atoms with Gasteiger partial charge in [-0.3, -0.25) is 19.3 Å². The molecule has 0 bridgehead atoms. The van der Waals surface area contributed by atoms with E-state index in [1.54, 1.807) is 61.5 Å². The number of nitriles is 1. The zero-order valence-corrected chi connectivity index (χ0v) is 19.8. The van der Waals surface area contributed by atoms with Crippen LogP contribution in [0.1, 0.15) is 35.2 Å². The summed E-state index contributed by atoms with van der Waals surface area (Å²) in [4.78, 5) is 39.4. The number of carbonyl (C=O) groups is 3. The van der Waals surface area contributed by atoms with E-state index in [-0.39, 0.29) is 17.1 Å². The highest BCUT2D eigenvalue weighted by atomic mass is 16.5. The number of aliphatic hydroxyl groups excluding tert-OH is 1. The monoisotopic (exact) mass is 482 g/mol. The molecule has 3 aromatic rings. The lowest BCUT2D eigenvalue weighted by Crippen LogP contribution is -2.29. The van der Waals surface area contributed by atoms with E-state index in [2.05, 4.69) is 0 Å². The molecule has 36 heavy (non-hydrogen) atoms. The Kier molecular flexibility index (Phi) is 6.57. The first-order valence-corrected chi connectivity index (χ1v) is 11.0. The number of carbonyl (C=O) groups excluding carboxylic acids is 3. The molecule has 1 atom stereocenters. The van der Waals surface area contributed by atoms with Gasteiger partial charge in [-0.1, -0.05) is 12.1 Å². The number of hydrogen-bond donors (Lipinski definition) is 1. The average Bonchev–Trinajstić information content (AvgIpc) is 3.13. The second-order valence-corrected chi connectivity index (χ2v) is 8.17. The highest BCUT2D eigenvalue weighted by Crippen LogP contribution is 2.43. The van der Waals surface area contributed by atoms with Crippen molar-refractivity contribution in [2.24, 2.45) is 0 Å². The maximum atomic E-state index is 13.3. The topological polar surface area (TPSA) is 117 Å². The number of anilines is 1. The molecule has 1 aliphatic heterocycles. The molecule has 1 N–H and O–H groups in total. The van der Waals surface area contributed by atoms with Gasteiger partial charge in [0.2, 0.25) is 0 Å². The van der Waals surface area contributed by atoms with E-state index in [1.807, 2.05) is 6.07 Å². The Morgan fingerprint density at radius 2 is 1.75 bits per heavy atom. The summed E-state index contributed by atoms with van der Waals surface area (Å²) in [6.07, 6.45) is 0. The molecule has 0 spiro atoms. The van der Waals surface area contributed by atoms with Gasteiger partial charge in [0.15, 0.2) is 0 Å². The minimum absolute atomic E-state index is 0.113. The predicted molar refractivity (Wildman–Crippen MR) is 131 cm³/mol. The van der Waals surface area contributed by atoms with Crippen molar-refractivity contribution < 1.29 is 29.0 Å². The Labute approximate surface area is 207 Å². The van der Waals surface area contributed by atoms with Crippen LogP contribution in [0.5, 0.6) is 11.5 Å². The summed E-state index contributed by atoms with van der Waals surface area (Å²) in [6, 6.07) is 18.6. The molecule has 8 nitrogen and oxygen atoms in total. The Hall–Kier alpha value is -4.90. The van der Waals surface area contributed by atoms with Crippen LogP contribution in [0.3, 0.4) is 0 Å². The van der Waals surface area contributed by atoms with E-state index in [9.17, 15) is 19.5 Å². The lowest BCUT2D eigenvalue weighted by Gasteiger charge is -2.26. The SMILES string of the molecule is COc1ccc(/C(O)=C2\C(=O)C(=O)N(c3ccc(C#N)cc3)C2c2cccc(OC(C)=O)c2)c(C)c1. The van der Waals surface area contributed by atoms with Gasteiger partial charge < -0.3 is 14.6 Å². The zero-order valence-electron chi connectivity index (χ0n) is 19.8. The maximum Gasteiger partial charge on any atom is 0.308 e. The van der Waals surface area contributed by atoms with Crippen molar-refractivity contribution in [3.63, 3.8) is 0 Å². The third-order valence-corrected chi connectivity index (χ3v) is 5.84. The fourth-order valence-corrected chi connectivity index (χ4v) is 4.20. The Morgan fingerprint density at radius 3 is 2.36 bits per heavy atom. The normalized spacial score (nSPS) is 16.5. The van der Waals surface area contributed by atoms with Crippen LogP contribution < -0.4 is 14.4 Å². The van der Waals surface area contributed by atoms with Crippen LogP contribution in [0.4, 0.5) is 5.69 Å². The molecule has 0 saturated carbocycles. The first kappa shape index (κ1) is 24.2. The number of aryl methyl sites for hydroxylation is 1. The Balaban J connectivity index is 1.94. The number of ether oxygens (including phenoxy) is 2. The molecule has 1 amide bonds. The highest BCUT2D eigenvalue weighted by Gasteiger charge is 2.47. The van der Waals surface area contributed by atoms with Crippen molar-refractivity contribution >= 4 is 29.1 Å². The Morgan fingerprint density at radius 1 is 1.03 bits per heavy atom. The van der Waals surface area contributed by atoms with Gasteiger partial charge in [-0.15, -0.1) is 0 Å². The molecule has 1 saturated heterocycles. The van der Waals surface area contributed by atoms with Crippen LogP contribution in [0, 0.1) is 18.3 Å². The quantitative estimate of drug-likeness (QED) is 0.188. The summed E-state index contributed by atoms with van der Waals surface area (Å²) in [6.45, 7) is 3.02. The lowest BCUT2D eigenvalue weighted by molar-refractivity contribution is -0.132. The number of rotatable bonds is 5. The molecule has 0 aromatic heterocycles. The first-order chi connectivity index (χ1) is 17.2. The van der Waals surface area contributed by atoms with Crippen LogP contribution in [0.15, 0.2) is 72.3 Å². The summed E-state index contributed by atoms with van der Waals surface area (Å²) in [7, 11) is 1.52. The maximum absolute atomic E-state index is 13.3. The lowest BCUT2D eigenvalue weighted by atomic mass is 9.93. The molecule has 180 valence electrons. The molecule has 0 radical (unpaired) electrons. The van der Waals surface area contributed by atoms with Crippen LogP contribution >= 0.6 is 0 Å². The fourth-order valence-electron chi connectivity index (χ4n) is 4.20. The van der Waals surface area contributed by atoms with E-state index in [1.165, 1.54) is 31.1 Å². The van der Waals surface area contributed by atoms with Crippen molar-refractivity contribution in [3.8, 4) is 17.6 Å². The minimum Gasteiger partial charge on any atom is -0.507 e. The largest absolute Gasteiger partial charge is 0.507 e. The van der Waals surface area contributed by atoms with Crippen molar-refractivity contribution in [1.29, 1.82) is 5.26 Å². The van der Waals surface area contributed by atoms with Gasteiger partial charge in [0.1, 0.15) is 17.3 Å². The molecule has 1 heterocycles. The number of amides is 1. The molecule has 1 aliphatic rings. The zero-order chi connectivity index (χ0) is 26.0. The molecule has 0 aliphatic carbocycles. The molecule has 4 rings (SSSR count). The second-order valence-electron chi connectivity index (χ2n) is 8.17. The third kappa shape index (κ3) is 4.42. The van der Waals surface area contributed by atoms with Crippen molar-refractivity contribution in [1.82, 2.24) is 0 Å². The van der Waals surface area contributed by atoms with E-state index < -0.39 is 23.7 Å². The molecule has 8 heteroatoms. The number of esters is 1. The van der Waals surface area contributed by atoms with Gasteiger partial charge in [-0.2, -0.15) is 5.26 Å². The third-order valence-electron chi connectivity index (χ3n) is 5.84. The van der Waals surface area contributed by atoms with Gasteiger partial charge in [-0.25, -0.2) is 0 Å². The van der Waals surface area contributed by atoms with Gasteiger partial charge in [0.25, 0.3) is 11.7 Å². The predicted octanol–water partition coefficient (Wildman–Crippen LogP) is 4.43. The van der Waals surface area contributed by atoms with E-state index in [4.69, 9.17) is 14.7 Å². The van der Waals surface area contributed by atoms with Gasteiger partial charge in [0, 0.05) is 18.2 Å². The Bertz CT molecular complexity index is 1450. The minimum atomic E-state index is -1.02. The number of ketones is 1. The smallest absolute Gasteiger partial charge is 0.308 e. The number of hydrogen-bond acceptors (Lipinski definition) is 7. The summed E-state index contributed by atoms with van der Waals surface area (Å²) in [5.74, 6) is -1.77. The number of aliphatic hydroxyl groups is 1. The fraction of sp³-hybridized carbons (Fsp3) is 0.143. The summed E-state index contributed by atoms with van der Waals surface area (Å²) in [5, 5.41) is 20.5. The molecular formula is C28H22N2O6. The summed E-state index contributed by atoms with van der Waals surface area (Å²) in [5.41, 5.74) is 2.10. The van der Waals surface area contributed by atoms with Gasteiger partial charge >= 0.3 is 5.97 Å². The van der Waals surface area contributed by atoms with Crippen molar-refractivity contribution in [3.05, 3.63) is 94.6 Å². The molecular weight excluding hydrogens is 460 g/mol. The summed E-state index contributed by atoms with van der Waals surface area (Å²) < 4.78 is 10.4. The van der Waals surface area contributed by atoms with Crippen LogP contribution in [-0.2, 0) is 14.4 Å². The van der Waals surface area contributed by atoms with E-state index in [0.717, 1.165) is 0 Å². The standard InChI is InChI=1S/C28H22N2O6/c1-16-13-21(35-3)11-12-23(16)26(32)24-25(19-5-4-6-22(14-19)36-17(2)31)30(28(34)27(24)33)20-9-7-18(15-29)8-10-20/h4-14,25,32H,1-3H3/b26-24+. The molecule has 1 unspecified atom stereocenters. The van der Waals surface area contributed by atoms with Gasteiger partial charge in [0.05, 0.1) is 30.4 Å². The summed E-state index contributed by atoms with van der Waals surface area (Å²) >= 11 is 0. The molecule has 3 aromatic carbocycles. The number of methoxy groups -OCH3 is 1. The van der Waals surface area contributed by atoms with Crippen molar-refractivity contribution in [2.45, 2.75) is 19.9 Å².